The van der Waals surface area contributed by atoms with E-state index in [9.17, 15) is 14.7 Å². The second-order valence-electron chi connectivity index (χ2n) is 7.91. The van der Waals surface area contributed by atoms with Crippen molar-refractivity contribution in [1.82, 2.24) is 9.88 Å². The number of methoxy groups -OCH3 is 1. The maximum absolute atomic E-state index is 13.3. The standard InChI is InChI=1S/C27H26N2O5/c1-3-14-34-20-10-6-9-19(15-20)25(30)23-24(21-11-4-5-12-22(21)33-2)29(27(32)26(23)31)17-18-8-7-13-28-16-18/h4-13,15-16,24,30H,3,14,17H2,1-2H3/b25-23-. The van der Waals surface area contributed by atoms with Crippen LogP contribution in [0.4, 0.5) is 0 Å². The van der Waals surface area contributed by atoms with Gasteiger partial charge in [-0.15, -0.1) is 0 Å². The van der Waals surface area contributed by atoms with Gasteiger partial charge >= 0.3 is 0 Å². The Morgan fingerprint density at radius 1 is 1.09 bits per heavy atom. The van der Waals surface area contributed by atoms with Gasteiger partial charge in [-0.1, -0.05) is 43.3 Å². The molecule has 4 rings (SSSR count). The number of aliphatic hydroxyl groups is 1. The minimum absolute atomic E-state index is 0.00559. The Kier molecular flexibility index (Phi) is 6.92. The molecule has 0 bridgehead atoms. The number of aliphatic hydroxyl groups excluding tert-OH is 1. The van der Waals surface area contributed by atoms with Crippen molar-refractivity contribution in [3.8, 4) is 11.5 Å². The summed E-state index contributed by atoms with van der Waals surface area (Å²) < 4.78 is 11.2. The van der Waals surface area contributed by atoms with E-state index in [0.717, 1.165) is 12.0 Å². The molecule has 7 heteroatoms. The first kappa shape index (κ1) is 23.0. The average Bonchev–Trinajstić information content (AvgIpc) is 3.12. The van der Waals surface area contributed by atoms with Crippen LogP contribution in [0.15, 0.2) is 78.6 Å². The largest absolute Gasteiger partial charge is 0.507 e. The number of Topliss-reactive ketones (excluding diaryl/α,β-unsaturated/α-hetero) is 1. The van der Waals surface area contributed by atoms with Gasteiger partial charge in [0.05, 0.1) is 25.3 Å². The lowest BCUT2D eigenvalue weighted by atomic mass is 9.94. The van der Waals surface area contributed by atoms with E-state index in [4.69, 9.17) is 9.47 Å². The Labute approximate surface area is 198 Å². The van der Waals surface area contributed by atoms with Crippen LogP contribution in [0.3, 0.4) is 0 Å². The number of ketones is 1. The average molecular weight is 459 g/mol. The van der Waals surface area contributed by atoms with E-state index in [0.29, 0.717) is 29.2 Å². The quantitative estimate of drug-likeness (QED) is 0.304. The van der Waals surface area contributed by atoms with Crippen molar-refractivity contribution in [2.45, 2.75) is 25.9 Å². The fraction of sp³-hybridized carbons (Fsp3) is 0.222. The highest BCUT2D eigenvalue weighted by Gasteiger charge is 2.47. The summed E-state index contributed by atoms with van der Waals surface area (Å²) in [5, 5.41) is 11.3. The third-order valence-electron chi connectivity index (χ3n) is 5.63. The summed E-state index contributed by atoms with van der Waals surface area (Å²) in [5.74, 6) is -0.623. The molecule has 3 aromatic rings. The van der Waals surface area contributed by atoms with E-state index in [1.54, 1.807) is 60.9 Å². The molecule has 1 unspecified atom stereocenters. The number of hydrogen-bond acceptors (Lipinski definition) is 6. The normalized spacial score (nSPS) is 17.1. The molecule has 1 atom stereocenters. The molecule has 0 spiro atoms. The molecule has 34 heavy (non-hydrogen) atoms. The van der Waals surface area contributed by atoms with Crippen LogP contribution in [0.5, 0.6) is 11.5 Å². The number of nitrogens with zero attached hydrogens (tertiary/aromatic N) is 2. The molecule has 174 valence electrons. The molecule has 7 nitrogen and oxygen atoms in total. The molecule has 1 saturated heterocycles. The molecule has 1 aliphatic rings. The Hall–Kier alpha value is -4.13. The lowest BCUT2D eigenvalue weighted by Crippen LogP contribution is -2.29. The van der Waals surface area contributed by atoms with Crippen LogP contribution >= 0.6 is 0 Å². The molecule has 0 aliphatic carbocycles. The summed E-state index contributed by atoms with van der Waals surface area (Å²) in [5.41, 5.74) is 1.77. The Morgan fingerprint density at radius 3 is 2.65 bits per heavy atom. The van der Waals surface area contributed by atoms with Crippen LogP contribution in [0.1, 0.15) is 36.1 Å². The Bertz CT molecular complexity index is 1220. The zero-order valence-electron chi connectivity index (χ0n) is 19.1. The number of para-hydroxylation sites is 1. The smallest absolute Gasteiger partial charge is 0.295 e. The third kappa shape index (κ3) is 4.50. The number of likely N-dealkylation sites (tertiary alicyclic amines) is 1. The van der Waals surface area contributed by atoms with Gasteiger partial charge in [-0.2, -0.15) is 0 Å². The molecular weight excluding hydrogens is 432 g/mol. The fourth-order valence-electron chi connectivity index (χ4n) is 4.06. The number of pyridine rings is 1. The summed E-state index contributed by atoms with van der Waals surface area (Å²) in [6.45, 7) is 2.68. The maximum Gasteiger partial charge on any atom is 0.295 e. The van der Waals surface area contributed by atoms with Gasteiger partial charge in [0.25, 0.3) is 11.7 Å². The zero-order valence-corrected chi connectivity index (χ0v) is 19.1. The minimum atomic E-state index is -0.837. The number of ether oxygens (including phenoxy) is 2. The number of rotatable bonds is 8. The van der Waals surface area contributed by atoms with E-state index < -0.39 is 17.7 Å². The van der Waals surface area contributed by atoms with Crippen LogP contribution in [-0.4, -0.2) is 40.4 Å². The molecule has 0 radical (unpaired) electrons. The first-order valence-corrected chi connectivity index (χ1v) is 11.1. The lowest BCUT2D eigenvalue weighted by Gasteiger charge is -2.26. The molecule has 1 aromatic heterocycles. The summed E-state index contributed by atoms with van der Waals surface area (Å²) in [7, 11) is 1.53. The van der Waals surface area contributed by atoms with E-state index in [1.165, 1.54) is 12.0 Å². The second kappa shape index (κ2) is 10.2. The first-order valence-electron chi connectivity index (χ1n) is 11.1. The summed E-state index contributed by atoms with van der Waals surface area (Å²) >= 11 is 0. The van der Waals surface area contributed by atoms with Gasteiger partial charge in [-0.3, -0.25) is 14.6 Å². The maximum atomic E-state index is 13.3. The van der Waals surface area contributed by atoms with E-state index in [-0.39, 0.29) is 17.9 Å². The van der Waals surface area contributed by atoms with Crippen molar-refractivity contribution in [2.75, 3.05) is 13.7 Å². The van der Waals surface area contributed by atoms with Gasteiger partial charge in [0.2, 0.25) is 0 Å². The number of carbonyl (C=O) groups is 2. The van der Waals surface area contributed by atoms with Crippen molar-refractivity contribution in [3.05, 3.63) is 95.3 Å². The SMILES string of the molecule is CCCOc1cccc(/C(O)=C2/C(=O)C(=O)N(Cc3cccnc3)C2c2ccccc2OC)c1. The Morgan fingerprint density at radius 2 is 1.91 bits per heavy atom. The topological polar surface area (TPSA) is 89.0 Å². The lowest BCUT2D eigenvalue weighted by molar-refractivity contribution is -0.140. The van der Waals surface area contributed by atoms with Crippen LogP contribution in [0.2, 0.25) is 0 Å². The van der Waals surface area contributed by atoms with Gasteiger partial charge in [0.15, 0.2) is 0 Å². The molecule has 2 heterocycles. The number of carbonyl (C=O) groups excluding carboxylic acids is 2. The molecule has 0 saturated carbocycles. The number of aromatic nitrogens is 1. The predicted molar refractivity (Wildman–Crippen MR) is 127 cm³/mol. The minimum Gasteiger partial charge on any atom is -0.507 e. The van der Waals surface area contributed by atoms with Crippen LogP contribution in [-0.2, 0) is 16.1 Å². The predicted octanol–water partition coefficient (Wildman–Crippen LogP) is 4.50. The van der Waals surface area contributed by atoms with Gasteiger partial charge in [0.1, 0.15) is 17.3 Å². The van der Waals surface area contributed by atoms with Crippen LogP contribution in [0, 0.1) is 0 Å². The highest BCUT2D eigenvalue weighted by Crippen LogP contribution is 2.43. The van der Waals surface area contributed by atoms with Gasteiger partial charge in [-0.25, -0.2) is 0 Å². The summed E-state index contributed by atoms with van der Waals surface area (Å²) in [6, 6.07) is 16.8. The second-order valence-corrected chi connectivity index (χ2v) is 7.91. The molecular formula is C27H26N2O5. The van der Waals surface area contributed by atoms with Crippen molar-refractivity contribution >= 4 is 17.4 Å². The molecule has 1 amide bonds. The van der Waals surface area contributed by atoms with Crippen molar-refractivity contribution in [3.63, 3.8) is 0 Å². The number of hydrogen-bond donors (Lipinski definition) is 1. The van der Waals surface area contributed by atoms with Crippen LogP contribution in [0.25, 0.3) is 5.76 Å². The number of benzene rings is 2. The van der Waals surface area contributed by atoms with E-state index in [1.807, 2.05) is 19.1 Å². The molecule has 1 aliphatic heterocycles. The summed E-state index contributed by atoms with van der Waals surface area (Å²) in [4.78, 5) is 32.0. The van der Waals surface area contributed by atoms with Gasteiger partial charge < -0.3 is 19.5 Å². The van der Waals surface area contributed by atoms with Crippen molar-refractivity contribution < 1.29 is 24.2 Å². The Balaban J connectivity index is 1.86. The number of amides is 1. The fourth-order valence-corrected chi connectivity index (χ4v) is 4.06. The van der Waals surface area contributed by atoms with Gasteiger partial charge in [0, 0.05) is 30.1 Å². The van der Waals surface area contributed by atoms with E-state index >= 15 is 0 Å². The highest BCUT2D eigenvalue weighted by molar-refractivity contribution is 6.46. The zero-order chi connectivity index (χ0) is 24.1. The van der Waals surface area contributed by atoms with Crippen LogP contribution < -0.4 is 9.47 Å². The molecule has 1 N–H and O–H groups in total. The molecule has 1 fully saturated rings. The van der Waals surface area contributed by atoms with Crippen molar-refractivity contribution in [1.29, 1.82) is 0 Å². The summed E-state index contributed by atoms with van der Waals surface area (Å²) in [6.07, 6.45) is 4.12. The van der Waals surface area contributed by atoms with Gasteiger partial charge in [-0.05, 0) is 36.2 Å². The highest BCUT2D eigenvalue weighted by atomic mass is 16.5. The van der Waals surface area contributed by atoms with Crippen molar-refractivity contribution in [2.24, 2.45) is 0 Å². The third-order valence-corrected chi connectivity index (χ3v) is 5.63. The monoisotopic (exact) mass is 458 g/mol. The van der Waals surface area contributed by atoms with E-state index in [2.05, 4.69) is 4.98 Å². The molecule has 2 aromatic carbocycles. The first-order chi connectivity index (χ1) is 16.5.